The van der Waals surface area contributed by atoms with Crippen LogP contribution < -0.4 is 4.90 Å². The van der Waals surface area contributed by atoms with E-state index in [1.807, 2.05) is 22.6 Å². The van der Waals surface area contributed by atoms with E-state index < -0.39 is 23.7 Å². The summed E-state index contributed by atoms with van der Waals surface area (Å²) in [6, 6.07) is 10.7. The molecule has 148 valence electrons. The van der Waals surface area contributed by atoms with Gasteiger partial charge in [0.2, 0.25) is 0 Å². The number of carbonyl (C=O) groups is 2. The van der Waals surface area contributed by atoms with Crippen molar-refractivity contribution in [3.05, 3.63) is 74.1 Å². The van der Waals surface area contributed by atoms with Crippen LogP contribution in [0.4, 0.5) is 18.9 Å². The second-order valence-electron chi connectivity index (χ2n) is 6.66. The van der Waals surface area contributed by atoms with Crippen molar-refractivity contribution in [1.29, 1.82) is 0 Å². The third kappa shape index (κ3) is 3.13. The Kier molecular flexibility index (Phi) is 4.52. The van der Waals surface area contributed by atoms with Crippen molar-refractivity contribution in [2.45, 2.75) is 20.0 Å². The van der Waals surface area contributed by atoms with Crippen LogP contribution in [-0.4, -0.2) is 21.6 Å². The van der Waals surface area contributed by atoms with E-state index in [1.165, 1.54) is 17.7 Å². The van der Waals surface area contributed by atoms with Gasteiger partial charge in [-0.2, -0.15) is 18.3 Å². The van der Waals surface area contributed by atoms with Crippen molar-refractivity contribution >= 4 is 40.1 Å². The van der Waals surface area contributed by atoms with E-state index in [9.17, 15) is 22.8 Å². The summed E-state index contributed by atoms with van der Waals surface area (Å²) < 4.78 is 40.7. The van der Waals surface area contributed by atoms with Gasteiger partial charge in [-0.3, -0.25) is 9.59 Å². The molecule has 2 aromatic carbocycles. The Hall–Kier alpha value is -2.69. The zero-order valence-electron chi connectivity index (χ0n) is 15.2. The fraction of sp³-hybridized carbons (Fsp3) is 0.150. The summed E-state index contributed by atoms with van der Waals surface area (Å²) in [6.45, 7) is 3.22. The zero-order chi connectivity index (χ0) is 21.1. The minimum Gasteiger partial charge on any atom is -0.268 e. The zero-order valence-corrected chi connectivity index (χ0v) is 17.4. The molecule has 0 N–H and O–H groups in total. The summed E-state index contributed by atoms with van der Waals surface area (Å²) >= 11 is 2.01. The lowest BCUT2D eigenvalue weighted by molar-refractivity contribution is -0.141. The van der Waals surface area contributed by atoms with Crippen molar-refractivity contribution in [2.75, 3.05) is 4.90 Å². The first-order valence-corrected chi connectivity index (χ1v) is 9.59. The van der Waals surface area contributed by atoms with E-state index in [2.05, 4.69) is 5.10 Å². The smallest absolute Gasteiger partial charge is 0.268 e. The lowest BCUT2D eigenvalue weighted by Gasteiger charge is -2.18. The summed E-state index contributed by atoms with van der Waals surface area (Å²) in [5.74, 6) is -0.838. The molecule has 0 unspecified atom stereocenters. The fourth-order valence-corrected chi connectivity index (χ4v) is 4.09. The lowest BCUT2D eigenvalue weighted by atomic mass is 10.1. The molecule has 1 aromatic heterocycles. The number of benzene rings is 2. The van der Waals surface area contributed by atoms with Crippen molar-refractivity contribution in [1.82, 2.24) is 9.78 Å². The van der Waals surface area contributed by atoms with Gasteiger partial charge in [-0.05, 0) is 78.4 Å². The van der Waals surface area contributed by atoms with Crippen LogP contribution in [0.1, 0.15) is 37.7 Å². The van der Waals surface area contributed by atoms with E-state index >= 15 is 0 Å². The molecule has 5 nitrogen and oxygen atoms in total. The molecule has 0 radical (unpaired) electrons. The molecule has 0 bridgehead atoms. The van der Waals surface area contributed by atoms with Crippen LogP contribution in [0.5, 0.6) is 0 Å². The number of alkyl halides is 3. The van der Waals surface area contributed by atoms with Crippen LogP contribution in [0.3, 0.4) is 0 Å². The molecule has 0 saturated carbocycles. The minimum absolute atomic E-state index is 0.319. The summed E-state index contributed by atoms with van der Waals surface area (Å²) in [4.78, 5) is 26.8. The SMILES string of the molecule is Cc1cc(-n2nc(C(F)(F)F)cc2C)ccc1N1C(=O)c2cccc(I)c2C1=O. The maximum atomic E-state index is 12.9. The summed E-state index contributed by atoms with van der Waals surface area (Å²) in [5, 5.41) is 3.64. The van der Waals surface area contributed by atoms with Gasteiger partial charge in [-0.1, -0.05) is 6.07 Å². The maximum absolute atomic E-state index is 12.9. The quantitative estimate of drug-likeness (QED) is 0.363. The van der Waals surface area contributed by atoms with Gasteiger partial charge in [0, 0.05) is 9.26 Å². The highest BCUT2D eigenvalue weighted by Gasteiger charge is 2.39. The van der Waals surface area contributed by atoms with E-state index in [0.29, 0.717) is 37.3 Å². The molecule has 0 fully saturated rings. The van der Waals surface area contributed by atoms with Crippen LogP contribution in [0.15, 0.2) is 42.5 Å². The highest BCUT2D eigenvalue weighted by atomic mass is 127. The molecule has 4 rings (SSSR count). The average Bonchev–Trinajstić information content (AvgIpc) is 3.15. The number of amides is 2. The van der Waals surface area contributed by atoms with Crippen LogP contribution in [0.25, 0.3) is 5.69 Å². The molecule has 0 saturated heterocycles. The van der Waals surface area contributed by atoms with Crippen LogP contribution in [-0.2, 0) is 6.18 Å². The number of aryl methyl sites for hydroxylation is 2. The Morgan fingerprint density at radius 2 is 1.72 bits per heavy atom. The minimum atomic E-state index is -4.54. The molecule has 3 aromatic rings. The number of aromatic nitrogens is 2. The standard InChI is InChI=1S/C20H13F3IN3O2/c1-10-8-12(27-11(2)9-16(25-27)20(21,22)23)6-7-15(10)26-18(28)13-4-3-5-14(24)17(13)19(26)29/h3-9H,1-2H3. The van der Waals surface area contributed by atoms with E-state index in [1.54, 1.807) is 37.3 Å². The van der Waals surface area contributed by atoms with Gasteiger partial charge in [0.05, 0.1) is 22.5 Å². The molecule has 1 aliphatic heterocycles. The number of nitrogens with zero attached hydrogens (tertiary/aromatic N) is 3. The first-order valence-electron chi connectivity index (χ1n) is 8.52. The summed E-state index contributed by atoms with van der Waals surface area (Å²) in [7, 11) is 0. The number of carbonyl (C=O) groups excluding carboxylic acids is 2. The molecule has 9 heteroatoms. The third-order valence-corrected chi connectivity index (χ3v) is 5.61. The molecule has 29 heavy (non-hydrogen) atoms. The number of hydrogen-bond donors (Lipinski definition) is 0. The van der Waals surface area contributed by atoms with Crippen molar-refractivity contribution in [3.63, 3.8) is 0 Å². The van der Waals surface area contributed by atoms with Gasteiger partial charge in [-0.15, -0.1) is 0 Å². The molecule has 0 spiro atoms. The van der Waals surface area contributed by atoms with Gasteiger partial charge in [0.25, 0.3) is 11.8 Å². The largest absolute Gasteiger partial charge is 0.435 e. The predicted molar refractivity (Wildman–Crippen MR) is 108 cm³/mol. The fourth-order valence-electron chi connectivity index (χ4n) is 3.36. The normalized spacial score (nSPS) is 13.9. The average molecular weight is 511 g/mol. The Labute approximate surface area is 177 Å². The second-order valence-corrected chi connectivity index (χ2v) is 7.82. The van der Waals surface area contributed by atoms with Crippen LogP contribution in [0, 0.1) is 17.4 Å². The second kappa shape index (κ2) is 6.68. The number of halogens is 4. The molecular formula is C20H13F3IN3O2. The number of anilines is 1. The Morgan fingerprint density at radius 3 is 2.31 bits per heavy atom. The maximum Gasteiger partial charge on any atom is 0.435 e. The summed E-state index contributed by atoms with van der Waals surface area (Å²) in [5.41, 5.74) is 1.39. The number of rotatable bonds is 2. The highest BCUT2D eigenvalue weighted by molar-refractivity contribution is 14.1. The topological polar surface area (TPSA) is 55.2 Å². The Morgan fingerprint density at radius 1 is 1.00 bits per heavy atom. The molecule has 1 aliphatic rings. The summed E-state index contributed by atoms with van der Waals surface area (Å²) in [6.07, 6.45) is -4.54. The van der Waals surface area contributed by atoms with Gasteiger partial charge in [0.15, 0.2) is 5.69 Å². The first-order chi connectivity index (χ1) is 13.6. The molecule has 0 atom stereocenters. The van der Waals surface area contributed by atoms with Crippen molar-refractivity contribution in [2.24, 2.45) is 0 Å². The van der Waals surface area contributed by atoms with Gasteiger partial charge in [-0.25, -0.2) is 9.58 Å². The van der Waals surface area contributed by atoms with Crippen molar-refractivity contribution < 1.29 is 22.8 Å². The Bertz CT molecular complexity index is 1180. The van der Waals surface area contributed by atoms with Crippen LogP contribution >= 0.6 is 22.6 Å². The van der Waals surface area contributed by atoms with Gasteiger partial charge in [0.1, 0.15) is 0 Å². The first kappa shape index (κ1) is 19.6. The number of hydrogen-bond acceptors (Lipinski definition) is 3. The predicted octanol–water partition coefficient (Wildman–Crippen LogP) is 4.91. The molecule has 2 heterocycles. The van der Waals surface area contributed by atoms with Crippen LogP contribution in [0.2, 0.25) is 0 Å². The highest BCUT2D eigenvalue weighted by Crippen LogP contribution is 2.34. The number of imide groups is 1. The van der Waals surface area contributed by atoms with Gasteiger partial charge < -0.3 is 0 Å². The molecular weight excluding hydrogens is 498 g/mol. The Balaban J connectivity index is 1.75. The van der Waals surface area contributed by atoms with E-state index in [-0.39, 0.29) is 0 Å². The van der Waals surface area contributed by atoms with E-state index in [0.717, 1.165) is 11.0 Å². The van der Waals surface area contributed by atoms with E-state index in [4.69, 9.17) is 0 Å². The monoisotopic (exact) mass is 511 g/mol. The number of fused-ring (bicyclic) bond motifs is 1. The van der Waals surface area contributed by atoms with Gasteiger partial charge >= 0.3 is 6.18 Å². The molecule has 2 amide bonds. The van der Waals surface area contributed by atoms with Crippen molar-refractivity contribution in [3.8, 4) is 5.69 Å². The lowest BCUT2D eigenvalue weighted by Crippen LogP contribution is -2.30. The third-order valence-electron chi connectivity index (χ3n) is 4.71. The molecule has 0 aliphatic carbocycles.